The molecule has 4 heteroatoms. The minimum absolute atomic E-state index is 0.552. The number of aromatic nitrogens is 2. The van der Waals surface area contributed by atoms with E-state index in [1.54, 1.807) is 0 Å². The normalized spacial score (nSPS) is 27.6. The van der Waals surface area contributed by atoms with Gasteiger partial charge in [-0.2, -0.15) is 0 Å². The molecule has 2 atom stereocenters. The highest BCUT2D eigenvalue weighted by molar-refractivity contribution is 5.57. The van der Waals surface area contributed by atoms with Gasteiger partial charge in [0.1, 0.15) is 17.5 Å². The van der Waals surface area contributed by atoms with Crippen molar-refractivity contribution in [2.24, 2.45) is 5.92 Å². The molecule has 1 aliphatic heterocycles. The third-order valence-corrected chi connectivity index (χ3v) is 4.51. The number of nitrogens with zero attached hydrogens (tertiary/aromatic N) is 3. The lowest BCUT2D eigenvalue weighted by Gasteiger charge is -2.38. The fourth-order valence-corrected chi connectivity index (χ4v) is 2.93. The maximum atomic E-state index is 6.10. The van der Waals surface area contributed by atoms with Crippen molar-refractivity contribution in [1.82, 2.24) is 9.97 Å². The van der Waals surface area contributed by atoms with E-state index in [4.69, 9.17) is 10.7 Å². The van der Waals surface area contributed by atoms with Crippen molar-refractivity contribution in [2.75, 3.05) is 17.2 Å². The summed E-state index contributed by atoms with van der Waals surface area (Å²) in [6, 6.07) is 0.552. The molecule has 2 N–H and O–H groups in total. The van der Waals surface area contributed by atoms with Crippen LogP contribution in [0.4, 0.5) is 11.6 Å². The van der Waals surface area contributed by atoms with E-state index in [0.717, 1.165) is 29.7 Å². The zero-order chi connectivity index (χ0) is 13.6. The molecule has 0 radical (unpaired) electrons. The van der Waals surface area contributed by atoms with Crippen molar-refractivity contribution >= 4 is 11.6 Å². The van der Waals surface area contributed by atoms with Crippen molar-refractivity contribution in [3.8, 4) is 0 Å². The topological polar surface area (TPSA) is 55.0 Å². The molecule has 4 nitrogen and oxygen atoms in total. The van der Waals surface area contributed by atoms with Gasteiger partial charge in [0.25, 0.3) is 0 Å². The number of hydrogen-bond donors (Lipinski definition) is 1. The highest BCUT2D eigenvalue weighted by Gasteiger charge is 2.31. The Morgan fingerprint density at radius 3 is 2.53 bits per heavy atom. The molecule has 2 aliphatic rings. The summed E-state index contributed by atoms with van der Waals surface area (Å²) in [5.74, 6) is 3.99. The Morgan fingerprint density at radius 1 is 1.11 bits per heavy atom. The lowest BCUT2D eigenvalue weighted by atomic mass is 9.95. The number of rotatable bonds is 2. The second kappa shape index (κ2) is 4.66. The SMILES string of the molecule is Cc1c(N)nc(C2CC2)nc1N1CC(C)CCC1C. The Balaban J connectivity index is 1.97. The third-order valence-electron chi connectivity index (χ3n) is 4.51. The Morgan fingerprint density at radius 2 is 1.84 bits per heavy atom. The molecular weight excluding hydrogens is 236 g/mol. The molecule has 1 aromatic heterocycles. The van der Waals surface area contributed by atoms with Gasteiger partial charge in [0.05, 0.1) is 0 Å². The summed E-state index contributed by atoms with van der Waals surface area (Å²) in [6.45, 7) is 7.75. The maximum Gasteiger partial charge on any atom is 0.137 e. The van der Waals surface area contributed by atoms with Crippen LogP contribution in [0.5, 0.6) is 0 Å². The van der Waals surface area contributed by atoms with Gasteiger partial charge in [0, 0.05) is 24.1 Å². The van der Waals surface area contributed by atoms with Crippen LogP contribution in [0.2, 0.25) is 0 Å². The Bertz CT molecular complexity index is 481. The van der Waals surface area contributed by atoms with Gasteiger partial charge < -0.3 is 10.6 Å². The molecule has 0 bridgehead atoms. The second-order valence-corrected chi connectivity index (χ2v) is 6.37. The minimum atomic E-state index is 0.552. The van der Waals surface area contributed by atoms with Crippen LogP contribution in [0.15, 0.2) is 0 Å². The average Bonchev–Trinajstić information content (AvgIpc) is 3.20. The first-order chi connectivity index (χ1) is 9.06. The van der Waals surface area contributed by atoms with Gasteiger partial charge in [-0.15, -0.1) is 0 Å². The molecule has 1 saturated heterocycles. The average molecular weight is 260 g/mol. The Hall–Kier alpha value is -1.32. The summed E-state index contributed by atoms with van der Waals surface area (Å²) in [6.07, 6.45) is 4.98. The van der Waals surface area contributed by atoms with Crippen LogP contribution in [0.25, 0.3) is 0 Å². The Kier molecular flexibility index (Phi) is 3.11. The highest BCUT2D eigenvalue weighted by Crippen LogP contribution is 2.40. The fourth-order valence-electron chi connectivity index (χ4n) is 2.93. The summed E-state index contributed by atoms with van der Waals surface area (Å²) >= 11 is 0. The molecule has 2 heterocycles. The van der Waals surface area contributed by atoms with Gasteiger partial charge in [-0.3, -0.25) is 0 Å². The molecule has 0 aromatic carbocycles. The first-order valence-electron chi connectivity index (χ1n) is 7.47. The van der Waals surface area contributed by atoms with Crippen LogP contribution in [-0.2, 0) is 0 Å². The van der Waals surface area contributed by atoms with Crippen LogP contribution >= 0.6 is 0 Å². The van der Waals surface area contributed by atoms with E-state index < -0.39 is 0 Å². The number of hydrogen-bond acceptors (Lipinski definition) is 4. The molecule has 1 aromatic rings. The first kappa shape index (κ1) is 12.7. The summed E-state index contributed by atoms with van der Waals surface area (Å²) in [5.41, 5.74) is 7.14. The molecule has 104 valence electrons. The fraction of sp³-hybridized carbons (Fsp3) is 0.733. The molecule has 3 rings (SSSR count). The number of piperidine rings is 1. The smallest absolute Gasteiger partial charge is 0.137 e. The van der Waals surface area contributed by atoms with E-state index in [2.05, 4.69) is 23.7 Å². The molecule has 19 heavy (non-hydrogen) atoms. The van der Waals surface area contributed by atoms with Crippen LogP contribution in [0, 0.1) is 12.8 Å². The standard InChI is InChI=1S/C15H24N4/c1-9-4-5-10(2)19(8-9)15-11(3)13(16)17-14(18-15)12-6-7-12/h9-10,12H,4-8H2,1-3H3,(H2,16,17,18). The minimum Gasteiger partial charge on any atom is -0.383 e. The van der Waals surface area contributed by atoms with Gasteiger partial charge in [0.2, 0.25) is 0 Å². The number of anilines is 2. The van der Waals surface area contributed by atoms with E-state index in [0.29, 0.717) is 17.8 Å². The van der Waals surface area contributed by atoms with Crippen molar-refractivity contribution in [1.29, 1.82) is 0 Å². The van der Waals surface area contributed by atoms with Crippen molar-refractivity contribution < 1.29 is 0 Å². The second-order valence-electron chi connectivity index (χ2n) is 6.37. The molecular formula is C15H24N4. The first-order valence-corrected chi connectivity index (χ1v) is 7.47. The van der Waals surface area contributed by atoms with E-state index in [1.807, 2.05) is 6.92 Å². The van der Waals surface area contributed by atoms with Crippen LogP contribution < -0.4 is 10.6 Å². The van der Waals surface area contributed by atoms with E-state index in [1.165, 1.54) is 25.7 Å². The monoisotopic (exact) mass is 260 g/mol. The van der Waals surface area contributed by atoms with Crippen LogP contribution in [0.1, 0.15) is 56.8 Å². The number of nitrogens with two attached hydrogens (primary N) is 1. The van der Waals surface area contributed by atoms with Crippen LogP contribution in [-0.4, -0.2) is 22.6 Å². The zero-order valence-corrected chi connectivity index (χ0v) is 12.2. The molecule has 2 fully saturated rings. The molecule has 0 amide bonds. The highest BCUT2D eigenvalue weighted by atomic mass is 15.2. The number of nitrogen functional groups attached to an aromatic ring is 1. The van der Waals surface area contributed by atoms with Gasteiger partial charge in [-0.25, -0.2) is 9.97 Å². The summed E-state index contributed by atoms with van der Waals surface area (Å²) in [5, 5.41) is 0. The summed E-state index contributed by atoms with van der Waals surface area (Å²) in [7, 11) is 0. The molecule has 1 saturated carbocycles. The quantitative estimate of drug-likeness (QED) is 0.888. The molecule has 0 spiro atoms. The maximum absolute atomic E-state index is 6.10. The van der Waals surface area contributed by atoms with Crippen molar-refractivity contribution in [3.63, 3.8) is 0 Å². The van der Waals surface area contributed by atoms with E-state index >= 15 is 0 Å². The summed E-state index contributed by atoms with van der Waals surface area (Å²) in [4.78, 5) is 11.8. The van der Waals surface area contributed by atoms with Crippen molar-refractivity contribution in [3.05, 3.63) is 11.4 Å². The lowest BCUT2D eigenvalue weighted by molar-refractivity contribution is 0.387. The molecule has 2 unspecified atom stereocenters. The predicted molar refractivity (Wildman–Crippen MR) is 78.4 cm³/mol. The van der Waals surface area contributed by atoms with Gasteiger partial charge in [-0.05, 0) is 45.4 Å². The van der Waals surface area contributed by atoms with Crippen LogP contribution in [0.3, 0.4) is 0 Å². The third kappa shape index (κ3) is 2.40. The van der Waals surface area contributed by atoms with Crippen molar-refractivity contribution in [2.45, 2.75) is 58.4 Å². The lowest BCUT2D eigenvalue weighted by Crippen LogP contribution is -2.42. The Labute approximate surface area is 115 Å². The zero-order valence-electron chi connectivity index (χ0n) is 12.2. The van der Waals surface area contributed by atoms with Gasteiger partial charge >= 0.3 is 0 Å². The van der Waals surface area contributed by atoms with Gasteiger partial charge in [0.15, 0.2) is 0 Å². The van der Waals surface area contributed by atoms with E-state index in [-0.39, 0.29) is 0 Å². The van der Waals surface area contributed by atoms with Gasteiger partial charge in [-0.1, -0.05) is 6.92 Å². The molecule has 1 aliphatic carbocycles. The largest absolute Gasteiger partial charge is 0.383 e. The van der Waals surface area contributed by atoms with E-state index in [9.17, 15) is 0 Å². The predicted octanol–water partition coefficient (Wildman–Crippen LogP) is 2.87. The summed E-state index contributed by atoms with van der Waals surface area (Å²) < 4.78 is 0.